The van der Waals surface area contributed by atoms with E-state index in [1.807, 2.05) is 19.9 Å². The van der Waals surface area contributed by atoms with Crippen LogP contribution < -0.4 is 0 Å². The highest BCUT2D eigenvalue weighted by atomic mass is 19.4. The lowest BCUT2D eigenvalue weighted by molar-refractivity contribution is -0.137. The van der Waals surface area contributed by atoms with Gasteiger partial charge in [-0.15, -0.1) is 6.58 Å². The third-order valence-corrected chi connectivity index (χ3v) is 3.58. The smallest absolute Gasteiger partial charge is 0.166 e. The Morgan fingerprint density at radius 1 is 1.33 bits per heavy atom. The van der Waals surface area contributed by atoms with E-state index in [0.717, 1.165) is 17.5 Å². The van der Waals surface area contributed by atoms with E-state index in [1.165, 1.54) is 12.1 Å². The Balaban J connectivity index is 2.40. The van der Waals surface area contributed by atoms with Gasteiger partial charge < -0.3 is 0 Å². The maximum atomic E-state index is 12.7. The summed E-state index contributed by atoms with van der Waals surface area (Å²) in [5.41, 5.74) is 1.33. The van der Waals surface area contributed by atoms with Crippen LogP contribution in [0.15, 0.2) is 30.9 Å². The van der Waals surface area contributed by atoms with Gasteiger partial charge in [0.25, 0.3) is 0 Å². The molecule has 0 aliphatic heterocycles. The van der Waals surface area contributed by atoms with Gasteiger partial charge in [-0.2, -0.15) is 13.2 Å². The Morgan fingerprint density at radius 2 is 2.00 bits per heavy atom. The number of alkyl halides is 3. The molecule has 0 heterocycles. The fourth-order valence-electron chi connectivity index (χ4n) is 2.42. The first-order chi connectivity index (χ1) is 8.34. The second-order valence-electron chi connectivity index (χ2n) is 5.24. The molecule has 0 nitrogen and oxygen atoms in total. The molecule has 1 aliphatic rings. The molecule has 2 rings (SSSR count). The van der Waals surface area contributed by atoms with Crippen LogP contribution >= 0.6 is 0 Å². The molecule has 18 heavy (non-hydrogen) atoms. The minimum atomic E-state index is -4.26. The van der Waals surface area contributed by atoms with Crippen LogP contribution in [0.4, 0.5) is 13.2 Å². The second-order valence-corrected chi connectivity index (χ2v) is 5.24. The molecule has 0 spiro atoms. The molecule has 0 saturated heterocycles. The van der Waals surface area contributed by atoms with Crippen LogP contribution in [0.2, 0.25) is 0 Å². The lowest BCUT2D eigenvalue weighted by atomic mass is 9.91. The van der Waals surface area contributed by atoms with Crippen LogP contribution in [0.5, 0.6) is 0 Å². The molecule has 0 bridgehead atoms. The Hall–Kier alpha value is -1.25. The highest BCUT2D eigenvalue weighted by molar-refractivity contribution is 5.41. The summed E-state index contributed by atoms with van der Waals surface area (Å²) in [7, 11) is 0. The van der Waals surface area contributed by atoms with Crippen molar-refractivity contribution in [3.8, 4) is 0 Å². The predicted octanol–water partition coefficient (Wildman–Crippen LogP) is 5.12. The summed E-state index contributed by atoms with van der Waals surface area (Å²) in [5.74, 6) is 0.898. The summed E-state index contributed by atoms with van der Waals surface area (Å²) in [4.78, 5) is 0. The van der Waals surface area contributed by atoms with Crippen molar-refractivity contribution in [2.24, 2.45) is 5.92 Å². The van der Waals surface area contributed by atoms with Crippen molar-refractivity contribution in [3.63, 3.8) is 0 Å². The average molecular weight is 254 g/mol. The van der Waals surface area contributed by atoms with Crippen LogP contribution in [0, 0.1) is 5.92 Å². The molecule has 0 amide bonds. The summed E-state index contributed by atoms with van der Waals surface area (Å²) < 4.78 is 38.1. The molecule has 0 N–H and O–H groups in total. The zero-order valence-corrected chi connectivity index (χ0v) is 10.6. The van der Waals surface area contributed by atoms with Gasteiger partial charge in [0.1, 0.15) is 0 Å². The van der Waals surface area contributed by atoms with Crippen molar-refractivity contribution < 1.29 is 13.2 Å². The SMILES string of the molecule is C=CC1CC1c1ccc(C(F)(F)F)cc1C(C)C. The van der Waals surface area contributed by atoms with E-state index in [1.54, 1.807) is 6.07 Å². The average Bonchev–Trinajstić information content (AvgIpc) is 3.06. The topological polar surface area (TPSA) is 0 Å². The second kappa shape index (κ2) is 4.45. The fraction of sp³-hybridized carbons (Fsp3) is 0.467. The third-order valence-electron chi connectivity index (χ3n) is 3.58. The van der Waals surface area contributed by atoms with Gasteiger partial charge in [-0.1, -0.05) is 26.0 Å². The summed E-state index contributed by atoms with van der Waals surface area (Å²) in [6.07, 6.45) is -1.36. The van der Waals surface area contributed by atoms with Gasteiger partial charge >= 0.3 is 6.18 Å². The zero-order valence-electron chi connectivity index (χ0n) is 10.6. The number of halogens is 3. The zero-order chi connectivity index (χ0) is 13.5. The molecule has 3 heteroatoms. The van der Waals surface area contributed by atoms with Gasteiger partial charge in [0.05, 0.1) is 5.56 Å². The van der Waals surface area contributed by atoms with Crippen LogP contribution in [0.1, 0.15) is 48.8 Å². The summed E-state index contributed by atoms with van der Waals surface area (Å²) in [5, 5.41) is 0. The first-order valence-corrected chi connectivity index (χ1v) is 6.18. The number of allylic oxidation sites excluding steroid dienone is 1. The van der Waals surface area contributed by atoms with Gasteiger partial charge in [0.2, 0.25) is 0 Å². The Kier molecular flexibility index (Phi) is 3.26. The quantitative estimate of drug-likeness (QED) is 0.657. The molecule has 1 aromatic rings. The first-order valence-electron chi connectivity index (χ1n) is 6.18. The molecule has 0 radical (unpaired) electrons. The Morgan fingerprint density at radius 3 is 2.44 bits per heavy atom. The maximum Gasteiger partial charge on any atom is 0.416 e. The number of rotatable bonds is 3. The minimum absolute atomic E-state index is 0.105. The van der Waals surface area contributed by atoms with Crippen LogP contribution in [0.25, 0.3) is 0 Å². The fourth-order valence-corrected chi connectivity index (χ4v) is 2.42. The van der Waals surface area contributed by atoms with Gasteiger partial charge in [0.15, 0.2) is 0 Å². The Labute approximate surface area is 106 Å². The van der Waals surface area contributed by atoms with Crippen LogP contribution in [-0.4, -0.2) is 0 Å². The normalized spacial score (nSPS) is 23.2. The number of benzene rings is 1. The minimum Gasteiger partial charge on any atom is -0.166 e. The number of hydrogen-bond acceptors (Lipinski definition) is 0. The molecule has 1 aromatic carbocycles. The molecule has 0 aromatic heterocycles. The predicted molar refractivity (Wildman–Crippen MR) is 66.6 cm³/mol. The molecule has 1 aliphatic carbocycles. The van der Waals surface area contributed by atoms with Crippen molar-refractivity contribution in [1.29, 1.82) is 0 Å². The van der Waals surface area contributed by atoms with E-state index < -0.39 is 11.7 Å². The van der Waals surface area contributed by atoms with Crippen molar-refractivity contribution in [1.82, 2.24) is 0 Å². The van der Waals surface area contributed by atoms with E-state index in [-0.39, 0.29) is 5.92 Å². The van der Waals surface area contributed by atoms with Crippen molar-refractivity contribution in [2.75, 3.05) is 0 Å². The first kappa shape index (κ1) is 13.2. The van der Waals surface area contributed by atoms with Crippen molar-refractivity contribution >= 4 is 0 Å². The third kappa shape index (κ3) is 2.45. The molecule has 1 fully saturated rings. The van der Waals surface area contributed by atoms with Gasteiger partial charge in [0, 0.05) is 0 Å². The lowest BCUT2D eigenvalue weighted by Gasteiger charge is -2.16. The standard InChI is InChI=1S/C15H17F3/c1-4-10-7-14(10)12-6-5-11(15(16,17)18)8-13(12)9(2)3/h4-6,8-10,14H,1,7H2,2-3H3. The van der Waals surface area contributed by atoms with E-state index in [0.29, 0.717) is 11.8 Å². The van der Waals surface area contributed by atoms with Crippen LogP contribution in [0.3, 0.4) is 0 Å². The number of hydrogen-bond donors (Lipinski definition) is 0. The van der Waals surface area contributed by atoms with E-state index in [4.69, 9.17) is 0 Å². The van der Waals surface area contributed by atoms with Crippen LogP contribution in [-0.2, 0) is 6.18 Å². The molecule has 1 saturated carbocycles. The molecular weight excluding hydrogens is 237 g/mol. The maximum absolute atomic E-state index is 12.7. The largest absolute Gasteiger partial charge is 0.416 e. The highest BCUT2D eigenvalue weighted by Crippen LogP contribution is 2.50. The monoisotopic (exact) mass is 254 g/mol. The highest BCUT2D eigenvalue weighted by Gasteiger charge is 2.38. The van der Waals surface area contributed by atoms with Crippen molar-refractivity contribution in [3.05, 3.63) is 47.5 Å². The van der Waals surface area contributed by atoms with E-state index >= 15 is 0 Å². The molecule has 2 atom stereocenters. The lowest BCUT2D eigenvalue weighted by Crippen LogP contribution is -2.07. The molecule has 2 unspecified atom stereocenters. The van der Waals surface area contributed by atoms with E-state index in [9.17, 15) is 13.2 Å². The van der Waals surface area contributed by atoms with Crippen molar-refractivity contribution in [2.45, 2.75) is 38.3 Å². The molecular formula is C15H17F3. The van der Waals surface area contributed by atoms with E-state index in [2.05, 4.69) is 6.58 Å². The molecule has 98 valence electrons. The Bertz CT molecular complexity index is 457. The van der Waals surface area contributed by atoms with Gasteiger partial charge in [-0.05, 0) is 47.4 Å². The summed E-state index contributed by atoms with van der Waals surface area (Å²) in [6, 6.07) is 4.14. The summed E-state index contributed by atoms with van der Waals surface area (Å²) in [6.45, 7) is 7.62. The van der Waals surface area contributed by atoms with Gasteiger partial charge in [-0.3, -0.25) is 0 Å². The summed E-state index contributed by atoms with van der Waals surface area (Å²) >= 11 is 0. The van der Waals surface area contributed by atoms with Gasteiger partial charge in [-0.25, -0.2) is 0 Å².